The predicted molar refractivity (Wildman–Crippen MR) is 89.1 cm³/mol. The lowest BCUT2D eigenvalue weighted by atomic mass is 9.93. The lowest BCUT2D eigenvalue weighted by Crippen LogP contribution is -2.36. The number of amides is 1. The first kappa shape index (κ1) is 16.5. The molecule has 0 radical (unpaired) electrons. The number of piperidine rings is 1. The minimum absolute atomic E-state index is 0.200. The second-order valence-corrected chi connectivity index (χ2v) is 5.83. The van der Waals surface area contributed by atoms with E-state index in [-0.39, 0.29) is 5.91 Å². The molecule has 1 aliphatic heterocycles. The molecule has 6 heteroatoms. The molecule has 0 atom stereocenters. The van der Waals surface area contributed by atoms with Crippen molar-refractivity contribution in [2.75, 3.05) is 36.9 Å². The van der Waals surface area contributed by atoms with E-state index in [9.17, 15) is 4.79 Å². The topological polar surface area (TPSA) is 70.2 Å². The average Bonchev–Trinajstić information content (AvgIpc) is 2.56. The minimum Gasteiger partial charge on any atom is -0.357 e. The van der Waals surface area contributed by atoms with Gasteiger partial charge in [0.1, 0.15) is 5.82 Å². The molecule has 0 aliphatic carbocycles. The second kappa shape index (κ2) is 8.56. The summed E-state index contributed by atoms with van der Waals surface area (Å²) in [5.41, 5.74) is 0. The van der Waals surface area contributed by atoms with Gasteiger partial charge in [-0.15, -0.1) is 0 Å². The quantitative estimate of drug-likeness (QED) is 0.754. The van der Waals surface area contributed by atoms with E-state index in [2.05, 4.69) is 32.4 Å². The third kappa shape index (κ3) is 4.86. The summed E-state index contributed by atoms with van der Waals surface area (Å²) in [5.74, 6) is 2.30. The Morgan fingerprint density at radius 3 is 2.86 bits per heavy atom. The number of unbranched alkanes of at least 4 members (excludes halogenated alkanes) is 1. The molecule has 6 nitrogen and oxygen atoms in total. The minimum atomic E-state index is 0.200. The number of rotatable bonds is 7. The Morgan fingerprint density at radius 1 is 1.41 bits per heavy atom. The molecule has 22 heavy (non-hydrogen) atoms. The van der Waals surface area contributed by atoms with Gasteiger partial charge in [0.15, 0.2) is 0 Å². The van der Waals surface area contributed by atoms with Crippen molar-refractivity contribution in [3.8, 4) is 0 Å². The molecule has 2 heterocycles. The highest BCUT2D eigenvalue weighted by Crippen LogP contribution is 2.24. The molecule has 1 aromatic heterocycles. The maximum atomic E-state index is 11.9. The SMILES string of the molecule is CCCCNC(=O)CC1CCN(c2ccnc(NC)n2)CC1. The number of carbonyl (C=O) groups is 1. The van der Waals surface area contributed by atoms with Crippen LogP contribution >= 0.6 is 0 Å². The molecule has 0 saturated carbocycles. The first-order valence-electron chi connectivity index (χ1n) is 8.25. The summed E-state index contributed by atoms with van der Waals surface area (Å²) in [4.78, 5) is 22.8. The second-order valence-electron chi connectivity index (χ2n) is 5.83. The lowest BCUT2D eigenvalue weighted by Gasteiger charge is -2.32. The van der Waals surface area contributed by atoms with Gasteiger partial charge in [0.2, 0.25) is 11.9 Å². The van der Waals surface area contributed by atoms with Crippen LogP contribution in [0.25, 0.3) is 0 Å². The molecule has 2 N–H and O–H groups in total. The van der Waals surface area contributed by atoms with Crippen molar-refractivity contribution in [2.24, 2.45) is 5.92 Å². The fourth-order valence-electron chi connectivity index (χ4n) is 2.75. The number of hydrogen-bond acceptors (Lipinski definition) is 5. The van der Waals surface area contributed by atoms with Gasteiger partial charge in [-0.05, 0) is 31.2 Å². The van der Waals surface area contributed by atoms with E-state index in [1.165, 1.54) is 0 Å². The summed E-state index contributed by atoms with van der Waals surface area (Å²) in [6, 6.07) is 1.94. The van der Waals surface area contributed by atoms with Gasteiger partial charge in [-0.1, -0.05) is 13.3 Å². The van der Waals surface area contributed by atoms with Crippen molar-refractivity contribution in [1.82, 2.24) is 15.3 Å². The normalized spacial score (nSPS) is 15.6. The standard InChI is InChI=1S/C16H27N5O/c1-3-4-8-18-15(22)12-13-6-10-21(11-7-13)14-5-9-19-16(17-2)20-14/h5,9,13H,3-4,6-8,10-12H2,1-2H3,(H,18,22)(H,17,19,20). The van der Waals surface area contributed by atoms with Crippen LogP contribution in [0.1, 0.15) is 39.0 Å². The monoisotopic (exact) mass is 305 g/mol. The Labute approximate surface area is 132 Å². The maximum absolute atomic E-state index is 11.9. The van der Waals surface area contributed by atoms with E-state index < -0.39 is 0 Å². The summed E-state index contributed by atoms with van der Waals surface area (Å²) in [6.07, 6.45) is 6.70. The van der Waals surface area contributed by atoms with Gasteiger partial charge in [0.25, 0.3) is 0 Å². The molecule has 1 fully saturated rings. The fourth-order valence-corrected chi connectivity index (χ4v) is 2.75. The highest BCUT2D eigenvalue weighted by Gasteiger charge is 2.22. The fraction of sp³-hybridized carbons (Fsp3) is 0.688. The van der Waals surface area contributed by atoms with Crippen molar-refractivity contribution in [1.29, 1.82) is 0 Å². The molecular weight excluding hydrogens is 278 g/mol. The Hall–Kier alpha value is -1.85. The number of nitrogens with one attached hydrogen (secondary N) is 2. The van der Waals surface area contributed by atoms with Crippen LogP contribution in [-0.2, 0) is 4.79 Å². The number of carbonyl (C=O) groups excluding carboxylic acids is 1. The third-order valence-corrected chi connectivity index (χ3v) is 4.13. The number of hydrogen-bond donors (Lipinski definition) is 2. The third-order valence-electron chi connectivity index (χ3n) is 4.13. The predicted octanol–water partition coefficient (Wildman–Crippen LogP) is 2.04. The van der Waals surface area contributed by atoms with Crippen LogP contribution in [0.5, 0.6) is 0 Å². The van der Waals surface area contributed by atoms with E-state index >= 15 is 0 Å². The van der Waals surface area contributed by atoms with Crippen molar-refractivity contribution in [3.05, 3.63) is 12.3 Å². The first-order valence-corrected chi connectivity index (χ1v) is 8.25. The molecule has 0 spiro atoms. The summed E-state index contributed by atoms with van der Waals surface area (Å²) < 4.78 is 0. The van der Waals surface area contributed by atoms with E-state index in [1.54, 1.807) is 6.20 Å². The summed E-state index contributed by atoms with van der Waals surface area (Å²) in [7, 11) is 1.82. The van der Waals surface area contributed by atoms with Crippen LogP contribution in [-0.4, -0.2) is 42.6 Å². The van der Waals surface area contributed by atoms with Gasteiger partial charge in [0, 0.05) is 39.3 Å². The maximum Gasteiger partial charge on any atom is 0.224 e. The molecule has 1 aromatic rings. The zero-order valence-corrected chi connectivity index (χ0v) is 13.6. The van der Waals surface area contributed by atoms with Crippen LogP contribution in [0, 0.1) is 5.92 Å². The van der Waals surface area contributed by atoms with Crippen molar-refractivity contribution in [2.45, 2.75) is 39.0 Å². The molecule has 0 bridgehead atoms. The van der Waals surface area contributed by atoms with Crippen molar-refractivity contribution >= 4 is 17.7 Å². The Kier molecular flexibility index (Phi) is 6.43. The first-order chi connectivity index (χ1) is 10.7. The number of aromatic nitrogens is 2. The molecule has 0 aromatic carbocycles. The molecule has 1 saturated heterocycles. The van der Waals surface area contributed by atoms with Gasteiger partial charge in [0.05, 0.1) is 0 Å². The van der Waals surface area contributed by atoms with E-state index in [4.69, 9.17) is 0 Å². The Balaban J connectivity index is 1.76. The zero-order chi connectivity index (χ0) is 15.8. The van der Waals surface area contributed by atoms with Crippen LogP contribution in [0.15, 0.2) is 12.3 Å². The molecule has 2 rings (SSSR count). The summed E-state index contributed by atoms with van der Waals surface area (Å²) in [5, 5.41) is 5.97. The van der Waals surface area contributed by atoms with Crippen molar-refractivity contribution in [3.63, 3.8) is 0 Å². The van der Waals surface area contributed by atoms with E-state index in [1.807, 2.05) is 13.1 Å². The Bertz CT molecular complexity index is 471. The highest BCUT2D eigenvalue weighted by atomic mass is 16.1. The average molecular weight is 305 g/mol. The zero-order valence-electron chi connectivity index (χ0n) is 13.6. The van der Waals surface area contributed by atoms with Crippen LogP contribution in [0.2, 0.25) is 0 Å². The largest absolute Gasteiger partial charge is 0.357 e. The van der Waals surface area contributed by atoms with Gasteiger partial charge >= 0.3 is 0 Å². The summed E-state index contributed by atoms with van der Waals surface area (Å²) in [6.45, 7) is 4.84. The van der Waals surface area contributed by atoms with Gasteiger partial charge in [-0.3, -0.25) is 4.79 Å². The Morgan fingerprint density at radius 2 is 2.18 bits per heavy atom. The number of anilines is 2. The summed E-state index contributed by atoms with van der Waals surface area (Å²) >= 11 is 0. The van der Waals surface area contributed by atoms with Crippen LogP contribution < -0.4 is 15.5 Å². The lowest BCUT2D eigenvalue weighted by molar-refractivity contribution is -0.122. The van der Waals surface area contributed by atoms with Crippen molar-refractivity contribution < 1.29 is 4.79 Å². The van der Waals surface area contributed by atoms with E-state index in [0.717, 1.165) is 51.1 Å². The highest BCUT2D eigenvalue weighted by molar-refractivity contribution is 5.76. The van der Waals surface area contributed by atoms with Gasteiger partial charge < -0.3 is 15.5 Å². The molecule has 1 amide bonds. The number of nitrogens with zero attached hydrogens (tertiary/aromatic N) is 3. The molecule has 1 aliphatic rings. The van der Waals surface area contributed by atoms with E-state index in [0.29, 0.717) is 18.3 Å². The van der Waals surface area contributed by atoms with Gasteiger partial charge in [-0.2, -0.15) is 4.98 Å². The van der Waals surface area contributed by atoms with Crippen LogP contribution in [0.4, 0.5) is 11.8 Å². The molecular formula is C16H27N5O. The van der Waals surface area contributed by atoms with Gasteiger partial charge in [-0.25, -0.2) is 4.98 Å². The smallest absolute Gasteiger partial charge is 0.224 e. The molecule has 122 valence electrons. The van der Waals surface area contributed by atoms with Crippen LogP contribution in [0.3, 0.4) is 0 Å². The molecule has 0 unspecified atom stereocenters.